The van der Waals surface area contributed by atoms with Gasteiger partial charge in [-0.15, -0.1) is 12.4 Å². The number of aryl methyl sites for hydroxylation is 1. The van der Waals surface area contributed by atoms with E-state index >= 15 is 0 Å². The zero-order valence-corrected chi connectivity index (χ0v) is 8.17. The second kappa shape index (κ2) is 3.88. The van der Waals surface area contributed by atoms with Crippen molar-refractivity contribution in [3.8, 4) is 0 Å². The molecule has 62 valence electrons. The van der Waals surface area contributed by atoms with Gasteiger partial charge in [-0.3, -0.25) is 0 Å². The summed E-state index contributed by atoms with van der Waals surface area (Å²) >= 11 is 2.91. The number of anilines is 1. The molecule has 0 amide bonds. The van der Waals surface area contributed by atoms with Crippen LogP contribution < -0.4 is 5.73 Å². The van der Waals surface area contributed by atoms with Crippen molar-refractivity contribution < 1.29 is 4.39 Å². The van der Waals surface area contributed by atoms with Crippen LogP contribution in [0.1, 0.15) is 5.56 Å². The highest BCUT2D eigenvalue weighted by Gasteiger charge is 2.02. The maximum absolute atomic E-state index is 12.6. The average Bonchev–Trinajstić information content (AvgIpc) is 1.84. The summed E-state index contributed by atoms with van der Waals surface area (Å²) in [7, 11) is 0. The minimum atomic E-state index is -0.383. The van der Waals surface area contributed by atoms with E-state index in [9.17, 15) is 4.39 Å². The first-order valence-electron chi connectivity index (χ1n) is 2.69. The Hall–Kier alpha value is -0.350. The van der Waals surface area contributed by atoms with Gasteiger partial charge in [-0.05, 0) is 34.5 Å². The Labute approximate surface area is 78.5 Å². The lowest BCUT2D eigenvalue weighted by Crippen LogP contribution is -1.95. The van der Waals surface area contributed by atoms with Crippen LogP contribution in [0.4, 0.5) is 10.2 Å². The second-order valence-electron chi connectivity index (χ2n) is 1.96. The number of aromatic nitrogens is 1. The van der Waals surface area contributed by atoms with Gasteiger partial charge in [-0.1, -0.05) is 0 Å². The topological polar surface area (TPSA) is 38.9 Å². The zero-order chi connectivity index (χ0) is 7.72. The largest absolute Gasteiger partial charge is 0.383 e. The van der Waals surface area contributed by atoms with Crippen molar-refractivity contribution >= 4 is 34.2 Å². The van der Waals surface area contributed by atoms with Gasteiger partial charge in [0.05, 0.1) is 0 Å². The minimum Gasteiger partial charge on any atom is -0.383 e. The van der Waals surface area contributed by atoms with Crippen molar-refractivity contribution in [2.45, 2.75) is 6.92 Å². The number of hydrogen-bond donors (Lipinski definition) is 1. The summed E-state index contributed by atoms with van der Waals surface area (Å²) in [6.07, 6.45) is 0. The number of nitrogens with two attached hydrogens (primary N) is 1. The molecule has 5 heteroatoms. The molecule has 0 saturated carbocycles. The fraction of sp³-hybridized carbons (Fsp3) is 0.167. The average molecular weight is 241 g/mol. The van der Waals surface area contributed by atoms with Crippen molar-refractivity contribution in [2.24, 2.45) is 0 Å². The fourth-order valence-corrected chi connectivity index (χ4v) is 0.876. The molecule has 0 aliphatic rings. The van der Waals surface area contributed by atoms with E-state index in [1.807, 2.05) is 0 Å². The van der Waals surface area contributed by atoms with Crippen LogP contribution in [0.2, 0.25) is 0 Å². The number of nitrogen functional groups attached to an aromatic ring is 1. The summed E-state index contributed by atoms with van der Waals surface area (Å²) in [5.41, 5.74) is 6.04. The Kier molecular flexibility index (Phi) is 3.75. The maximum Gasteiger partial charge on any atom is 0.156 e. The highest BCUT2D eigenvalue weighted by molar-refractivity contribution is 9.10. The number of hydrogen-bond acceptors (Lipinski definition) is 2. The lowest BCUT2D eigenvalue weighted by Gasteiger charge is -1.98. The Morgan fingerprint density at radius 1 is 1.64 bits per heavy atom. The lowest BCUT2D eigenvalue weighted by atomic mass is 10.3. The first-order chi connectivity index (χ1) is 4.61. The molecule has 0 unspecified atom stereocenters. The van der Waals surface area contributed by atoms with Crippen molar-refractivity contribution in [2.75, 3.05) is 5.73 Å². The molecule has 1 aromatic rings. The van der Waals surface area contributed by atoms with E-state index in [1.165, 1.54) is 6.07 Å². The molecule has 0 fully saturated rings. The van der Waals surface area contributed by atoms with Gasteiger partial charge in [0.1, 0.15) is 10.4 Å². The maximum atomic E-state index is 12.6. The van der Waals surface area contributed by atoms with Crippen LogP contribution in [0.3, 0.4) is 0 Å². The van der Waals surface area contributed by atoms with Crippen LogP contribution in [0.5, 0.6) is 0 Å². The minimum absolute atomic E-state index is 0. The predicted molar refractivity (Wildman–Crippen MR) is 48.3 cm³/mol. The summed E-state index contributed by atoms with van der Waals surface area (Å²) in [4.78, 5) is 3.69. The Morgan fingerprint density at radius 3 is 2.64 bits per heavy atom. The van der Waals surface area contributed by atoms with Gasteiger partial charge in [-0.2, -0.15) is 0 Å². The molecular formula is C6H7BrClFN2. The molecule has 1 rings (SSSR count). The fourth-order valence-electron chi connectivity index (χ4n) is 0.571. The summed E-state index contributed by atoms with van der Waals surface area (Å²) in [6.45, 7) is 1.71. The lowest BCUT2D eigenvalue weighted by molar-refractivity contribution is 0.612. The normalized spacial score (nSPS) is 9.00. The molecule has 0 saturated heterocycles. The standard InChI is InChI=1S/C6H6BrFN2.ClH/c1-3-2-4(8)5(7)10-6(3)9;/h2H,1H3,(H2,9,10);1H. The van der Waals surface area contributed by atoms with E-state index in [0.29, 0.717) is 11.4 Å². The van der Waals surface area contributed by atoms with Crippen LogP contribution in [0.15, 0.2) is 10.7 Å². The molecule has 1 heterocycles. The third kappa shape index (κ3) is 2.31. The third-order valence-electron chi connectivity index (χ3n) is 1.16. The first-order valence-corrected chi connectivity index (χ1v) is 3.48. The Morgan fingerprint density at radius 2 is 2.18 bits per heavy atom. The van der Waals surface area contributed by atoms with Crippen molar-refractivity contribution in [3.63, 3.8) is 0 Å². The summed E-state index contributed by atoms with van der Waals surface area (Å²) in [5, 5.41) is 0. The second-order valence-corrected chi connectivity index (χ2v) is 2.71. The van der Waals surface area contributed by atoms with Crippen molar-refractivity contribution in [1.29, 1.82) is 0 Å². The van der Waals surface area contributed by atoms with E-state index in [1.54, 1.807) is 6.92 Å². The third-order valence-corrected chi connectivity index (χ3v) is 1.72. The highest BCUT2D eigenvalue weighted by atomic mass is 79.9. The zero-order valence-electron chi connectivity index (χ0n) is 5.77. The first kappa shape index (κ1) is 10.7. The summed E-state index contributed by atoms with van der Waals surface area (Å²) < 4.78 is 12.8. The van der Waals surface area contributed by atoms with Crippen LogP contribution in [-0.4, -0.2) is 4.98 Å². The van der Waals surface area contributed by atoms with Gasteiger partial charge >= 0.3 is 0 Å². The summed E-state index contributed by atoms with van der Waals surface area (Å²) in [6, 6.07) is 1.34. The molecule has 0 aliphatic carbocycles. The van der Waals surface area contributed by atoms with Gasteiger partial charge < -0.3 is 5.73 Å². The molecule has 2 N–H and O–H groups in total. The molecule has 1 aromatic heterocycles. The number of rotatable bonds is 0. The predicted octanol–water partition coefficient (Wildman–Crippen LogP) is 2.30. The molecule has 2 nitrogen and oxygen atoms in total. The number of pyridine rings is 1. The Bertz CT molecular complexity index is 217. The number of halogens is 3. The molecule has 0 aliphatic heterocycles. The Balaban J connectivity index is 0.000001000. The van der Waals surface area contributed by atoms with E-state index in [0.717, 1.165) is 0 Å². The molecule has 0 atom stereocenters. The quantitative estimate of drug-likeness (QED) is 0.708. The molecular weight excluding hydrogens is 234 g/mol. The summed E-state index contributed by atoms with van der Waals surface area (Å²) in [5.74, 6) is -0.0278. The molecule has 0 aromatic carbocycles. The molecule has 0 bridgehead atoms. The van der Waals surface area contributed by atoms with Gasteiger partial charge in [0, 0.05) is 0 Å². The number of nitrogens with zero attached hydrogens (tertiary/aromatic N) is 1. The molecule has 0 radical (unpaired) electrons. The smallest absolute Gasteiger partial charge is 0.156 e. The van der Waals surface area contributed by atoms with Gasteiger partial charge in [-0.25, -0.2) is 9.37 Å². The SMILES string of the molecule is Cc1cc(F)c(Br)nc1N.Cl. The van der Waals surface area contributed by atoms with E-state index < -0.39 is 0 Å². The van der Waals surface area contributed by atoms with Crippen LogP contribution in [0, 0.1) is 12.7 Å². The van der Waals surface area contributed by atoms with E-state index in [2.05, 4.69) is 20.9 Å². The molecule has 0 spiro atoms. The highest BCUT2D eigenvalue weighted by Crippen LogP contribution is 2.16. The van der Waals surface area contributed by atoms with Gasteiger partial charge in [0.2, 0.25) is 0 Å². The van der Waals surface area contributed by atoms with Crippen LogP contribution in [0.25, 0.3) is 0 Å². The van der Waals surface area contributed by atoms with Crippen LogP contribution in [-0.2, 0) is 0 Å². The van der Waals surface area contributed by atoms with E-state index in [-0.39, 0.29) is 22.8 Å². The van der Waals surface area contributed by atoms with Gasteiger partial charge in [0.25, 0.3) is 0 Å². The van der Waals surface area contributed by atoms with Gasteiger partial charge in [0.15, 0.2) is 5.82 Å². The van der Waals surface area contributed by atoms with Crippen molar-refractivity contribution in [1.82, 2.24) is 4.98 Å². The monoisotopic (exact) mass is 240 g/mol. The van der Waals surface area contributed by atoms with Crippen LogP contribution >= 0.6 is 28.3 Å². The molecule has 11 heavy (non-hydrogen) atoms. The van der Waals surface area contributed by atoms with E-state index in [4.69, 9.17) is 5.73 Å². The van der Waals surface area contributed by atoms with Crippen molar-refractivity contribution in [3.05, 3.63) is 22.1 Å².